The average Bonchev–Trinajstić information content (AvgIpc) is 3.18. The number of furan rings is 1. The van der Waals surface area contributed by atoms with Crippen molar-refractivity contribution in [2.45, 2.75) is 17.8 Å². The summed E-state index contributed by atoms with van der Waals surface area (Å²) in [7, 11) is -3.37. The third-order valence-corrected chi connectivity index (χ3v) is 6.80. The number of aromatic nitrogens is 2. The summed E-state index contributed by atoms with van der Waals surface area (Å²) in [5.74, 6) is 0.256. The Hall–Kier alpha value is -3.37. The van der Waals surface area contributed by atoms with E-state index in [1.54, 1.807) is 49.6 Å². The summed E-state index contributed by atoms with van der Waals surface area (Å²) in [5.41, 5.74) is 2.31. The molecule has 0 aliphatic rings. The normalized spacial score (nSPS) is 11.4. The number of carbonyl (C=O) groups excluding carboxylic acids is 1. The van der Waals surface area contributed by atoms with Crippen LogP contribution in [-0.2, 0) is 15.8 Å². The molecule has 1 amide bonds. The van der Waals surface area contributed by atoms with Gasteiger partial charge >= 0.3 is 0 Å². The lowest BCUT2D eigenvalue weighted by atomic mass is 10.1. The lowest BCUT2D eigenvalue weighted by Crippen LogP contribution is -2.15. The molecule has 8 nitrogen and oxygen atoms in total. The SMILES string of the molecule is CCS(=O)(=O)Nc1ccc(NC(=O)c2oc3ccccc3c2CSc2ncccn2)cc1. The summed E-state index contributed by atoms with van der Waals surface area (Å²) < 4.78 is 31.7. The monoisotopic (exact) mass is 468 g/mol. The predicted octanol–water partition coefficient (Wildman–Crippen LogP) is 4.53. The van der Waals surface area contributed by atoms with E-state index in [4.69, 9.17) is 4.42 Å². The Kier molecular flexibility index (Phi) is 6.42. The number of anilines is 2. The molecule has 2 heterocycles. The number of fused-ring (bicyclic) bond motifs is 1. The first-order valence-corrected chi connectivity index (χ1v) is 12.4. The molecule has 4 rings (SSSR count). The zero-order chi connectivity index (χ0) is 22.6. The molecule has 0 spiro atoms. The van der Waals surface area contributed by atoms with Crippen LogP contribution >= 0.6 is 11.8 Å². The molecule has 164 valence electrons. The van der Waals surface area contributed by atoms with Gasteiger partial charge in [0.25, 0.3) is 5.91 Å². The fourth-order valence-electron chi connectivity index (χ4n) is 2.98. The van der Waals surface area contributed by atoms with E-state index in [0.717, 1.165) is 10.9 Å². The van der Waals surface area contributed by atoms with Crippen molar-refractivity contribution in [2.75, 3.05) is 15.8 Å². The maximum Gasteiger partial charge on any atom is 0.291 e. The summed E-state index contributed by atoms with van der Waals surface area (Å²) in [4.78, 5) is 21.4. The Morgan fingerprint density at radius 2 is 1.69 bits per heavy atom. The molecule has 0 atom stereocenters. The average molecular weight is 469 g/mol. The van der Waals surface area contributed by atoms with Crippen molar-refractivity contribution in [3.8, 4) is 0 Å². The molecule has 0 aliphatic heterocycles. The van der Waals surface area contributed by atoms with Crippen LogP contribution in [0.5, 0.6) is 0 Å². The molecule has 0 bridgehead atoms. The Morgan fingerprint density at radius 3 is 2.41 bits per heavy atom. The van der Waals surface area contributed by atoms with Crippen molar-refractivity contribution in [3.63, 3.8) is 0 Å². The number of hydrogen-bond acceptors (Lipinski definition) is 7. The number of amides is 1. The van der Waals surface area contributed by atoms with E-state index >= 15 is 0 Å². The van der Waals surface area contributed by atoms with Gasteiger partial charge in [0.15, 0.2) is 10.9 Å². The van der Waals surface area contributed by atoms with Gasteiger partial charge in [-0.05, 0) is 43.3 Å². The fraction of sp³-hybridized carbons (Fsp3) is 0.136. The van der Waals surface area contributed by atoms with Crippen LogP contribution < -0.4 is 10.0 Å². The number of nitrogens with one attached hydrogen (secondary N) is 2. The molecular weight excluding hydrogens is 448 g/mol. The quantitative estimate of drug-likeness (QED) is 0.288. The zero-order valence-electron chi connectivity index (χ0n) is 17.1. The van der Waals surface area contributed by atoms with Gasteiger partial charge in [0.05, 0.1) is 5.75 Å². The number of rotatable bonds is 8. The van der Waals surface area contributed by atoms with Gasteiger partial charge in [0.1, 0.15) is 5.58 Å². The molecule has 0 aliphatic carbocycles. The number of thioether (sulfide) groups is 1. The van der Waals surface area contributed by atoms with Gasteiger partial charge in [-0.2, -0.15) is 0 Å². The minimum atomic E-state index is -3.37. The van der Waals surface area contributed by atoms with E-state index in [1.165, 1.54) is 11.8 Å². The van der Waals surface area contributed by atoms with Crippen LogP contribution in [0.4, 0.5) is 11.4 Å². The van der Waals surface area contributed by atoms with Crippen molar-refractivity contribution in [2.24, 2.45) is 0 Å². The van der Waals surface area contributed by atoms with Gasteiger partial charge < -0.3 is 9.73 Å². The number of sulfonamides is 1. The Balaban J connectivity index is 1.55. The maximum absolute atomic E-state index is 13.0. The molecule has 0 radical (unpaired) electrons. The second-order valence-corrected chi connectivity index (χ2v) is 9.72. The molecule has 2 aromatic carbocycles. The van der Waals surface area contributed by atoms with E-state index in [2.05, 4.69) is 20.0 Å². The zero-order valence-corrected chi connectivity index (χ0v) is 18.7. The Bertz CT molecular complexity index is 1340. The molecule has 0 fully saturated rings. The van der Waals surface area contributed by atoms with Crippen LogP contribution in [0.15, 0.2) is 76.6 Å². The van der Waals surface area contributed by atoms with Gasteiger partial charge in [0, 0.05) is 40.5 Å². The summed E-state index contributed by atoms with van der Waals surface area (Å²) >= 11 is 1.41. The second kappa shape index (κ2) is 9.41. The first kappa shape index (κ1) is 21.8. The van der Waals surface area contributed by atoms with Gasteiger partial charge in [-0.15, -0.1) is 0 Å². The van der Waals surface area contributed by atoms with Crippen LogP contribution in [0.3, 0.4) is 0 Å². The minimum Gasteiger partial charge on any atom is -0.451 e. The lowest BCUT2D eigenvalue weighted by Gasteiger charge is -2.08. The molecule has 2 aromatic heterocycles. The summed E-state index contributed by atoms with van der Waals surface area (Å²) in [5, 5.41) is 4.27. The Labute approximate surface area is 189 Å². The summed E-state index contributed by atoms with van der Waals surface area (Å²) in [6, 6.07) is 15.6. The second-order valence-electron chi connectivity index (χ2n) is 6.76. The van der Waals surface area contributed by atoms with E-state index < -0.39 is 15.9 Å². The molecule has 2 N–H and O–H groups in total. The number of para-hydroxylation sites is 1. The highest BCUT2D eigenvalue weighted by Crippen LogP contribution is 2.31. The number of carbonyl (C=O) groups is 1. The first-order valence-electron chi connectivity index (χ1n) is 9.77. The van der Waals surface area contributed by atoms with Gasteiger partial charge in [-0.25, -0.2) is 18.4 Å². The van der Waals surface area contributed by atoms with Crippen LogP contribution in [0.25, 0.3) is 11.0 Å². The third-order valence-electron chi connectivity index (χ3n) is 4.59. The van der Waals surface area contributed by atoms with E-state index in [9.17, 15) is 13.2 Å². The van der Waals surface area contributed by atoms with E-state index in [1.807, 2.05) is 24.3 Å². The number of benzene rings is 2. The highest BCUT2D eigenvalue weighted by Gasteiger charge is 2.21. The van der Waals surface area contributed by atoms with Crippen molar-refractivity contribution in [1.29, 1.82) is 0 Å². The standard InChI is InChI=1S/C22H20N4O4S2/c1-2-32(28,29)26-16-10-8-15(9-11-16)25-21(27)20-18(14-31-22-23-12-5-13-24-22)17-6-3-4-7-19(17)30-20/h3-13,26H,2,14H2,1H3,(H,25,27). The van der Waals surface area contributed by atoms with Crippen LogP contribution in [0, 0.1) is 0 Å². The molecule has 0 unspecified atom stereocenters. The largest absolute Gasteiger partial charge is 0.451 e. The number of hydrogen-bond donors (Lipinski definition) is 2. The Morgan fingerprint density at radius 1 is 1.00 bits per heavy atom. The maximum atomic E-state index is 13.0. The molecule has 0 saturated carbocycles. The van der Waals surface area contributed by atoms with Crippen molar-refractivity contribution in [3.05, 3.63) is 78.3 Å². The highest BCUT2D eigenvalue weighted by atomic mass is 32.2. The lowest BCUT2D eigenvalue weighted by molar-refractivity contribution is 0.0998. The van der Waals surface area contributed by atoms with Gasteiger partial charge in [-0.3, -0.25) is 9.52 Å². The summed E-state index contributed by atoms with van der Waals surface area (Å²) in [6.07, 6.45) is 3.33. The van der Waals surface area contributed by atoms with Crippen molar-refractivity contribution in [1.82, 2.24) is 9.97 Å². The molecule has 32 heavy (non-hydrogen) atoms. The van der Waals surface area contributed by atoms with Crippen molar-refractivity contribution >= 4 is 50.0 Å². The minimum absolute atomic E-state index is 0.0215. The fourth-order valence-corrected chi connectivity index (χ4v) is 4.45. The van der Waals surface area contributed by atoms with Gasteiger partial charge in [-0.1, -0.05) is 30.0 Å². The predicted molar refractivity (Wildman–Crippen MR) is 125 cm³/mol. The first-order chi connectivity index (χ1) is 15.4. The highest BCUT2D eigenvalue weighted by molar-refractivity contribution is 7.98. The van der Waals surface area contributed by atoms with Crippen LogP contribution in [-0.4, -0.2) is 30.0 Å². The molecular formula is C22H20N4O4S2. The molecule has 4 aromatic rings. The number of nitrogens with zero attached hydrogens (tertiary/aromatic N) is 2. The summed E-state index contributed by atoms with van der Waals surface area (Å²) in [6.45, 7) is 1.56. The topological polar surface area (TPSA) is 114 Å². The molecule has 10 heteroatoms. The van der Waals surface area contributed by atoms with Gasteiger partial charge in [0.2, 0.25) is 10.0 Å². The third kappa shape index (κ3) is 5.09. The van der Waals surface area contributed by atoms with E-state index in [-0.39, 0.29) is 11.5 Å². The van der Waals surface area contributed by atoms with Crippen LogP contribution in [0.1, 0.15) is 23.0 Å². The van der Waals surface area contributed by atoms with Crippen LogP contribution in [0.2, 0.25) is 0 Å². The smallest absolute Gasteiger partial charge is 0.291 e. The molecule has 0 saturated heterocycles. The van der Waals surface area contributed by atoms with E-state index in [0.29, 0.717) is 27.9 Å². The van der Waals surface area contributed by atoms with Crippen molar-refractivity contribution < 1.29 is 17.6 Å².